The Balaban J connectivity index is 2.02. The number of aromatic nitrogens is 3. The monoisotopic (exact) mass is 344 g/mol. The number of hydrogen-bond donors (Lipinski definition) is 2. The number of aliphatic hydroxyl groups excluding tert-OH is 1. The lowest BCUT2D eigenvalue weighted by Crippen LogP contribution is -2.41. The summed E-state index contributed by atoms with van der Waals surface area (Å²) in [7, 11) is 0. The third-order valence-electron chi connectivity index (χ3n) is 4.88. The number of piperidine rings is 1. The number of carbonyl (C=O) groups is 1. The van der Waals surface area contributed by atoms with Crippen molar-refractivity contribution in [1.82, 2.24) is 15.0 Å². The molecule has 2 aromatic rings. The number of nitrogens with zero attached hydrogens (tertiary/aromatic N) is 4. The Bertz CT molecular complexity index is 770. The van der Waals surface area contributed by atoms with E-state index >= 15 is 0 Å². The van der Waals surface area contributed by atoms with Crippen molar-refractivity contribution in [2.45, 2.75) is 45.6 Å². The van der Waals surface area contributed by atoms with E-state index < -0.39 is 5.97 Å². The highest BCUT2D eigenvalue weighted by atomic mass is 16.4. The molecule has 1 aliphatic rings. The van der Waals surface area contributed by atoms with Gasteiger partial charge < -0.3 is 15.1 Å². The van der Waals surface area contributed by atoms with Crippen molar-refractivity contribution >= 4 is 11.8 Å². The van der Waals surface area contributed by atoms with Gasteiger partial charge in [-0.1, -0.05) is 6.07 Å². The lowest BCUT2D eigenvalue weighted by atomic mass is 9.99. The summed E-state index contributed by atoms with van der Waals surface area (Å²) in [6, 6.07) is 5.91. The second-order valence-corrected chi connectivity index (χ2v) is 6.59. The maximum Gasteiger partial charge on any atom is 0.360 e. The molecule has 1 saturated heterocycles. The summed E-state index contributed by atoms with van der Waals surface area (Å²) in [5.41, 5.74) is 2.97. The lowest BCUT2D eigenvalue weighted by Gasteiger charge is -2.35. The van der Waals surface area contributed by atoms with Gasteiger partial charge in [-0.2, -0.15) is 0 Å². The Morgan fingerprint density at radius 1 is 1.24 bits per heavy atom. The minimum atomic E-state index is -1.08. The Morgan fingerprint density at radius 3 is 2.72 bits per heavy atom. The van der Waals surface area contributed by atoms with Crippen molar-refractivity contribution in [2.75, 3.05) is 18.1 Å². The molecule has 0 bridgehead atoms. The molecule has 7 nitrogen and oxygen atoms in total. The summed E-state index contributed by atoms with van der Waals surface area (Å²) in [5, 5.41) is 27.6. The van der Waals surface area contributed by atoms with Gasteiger partial charge in [-0.05, 0) is 62.8 Å². The smallest absolute Gasteiger partial charge is 0.360 e. The van der Waals surface area contributed by atoms with Gasteiger partial charge in [-0.15, -0.1) is 15.0 Å². The lowest BCUT2D eigenvalue weighted by molar-refractivity contribution is 0.0690. The molecule has 134 valence electrons. The van der Waals surface area contributed by atoms with Crippen LogP contribution >= 0.6 is 0 Å². The van der Waals surface area contributed by atoms with Crippen molar-refractivity contribution in [2.24, 2.45) is 0 Å². The summed E-state index contributed by atoms with van der Waals surface area (Å²) in [6.07, 6.45) is 3.60. The number of rotatable bonds is 5. The van der Waals surface area contributed by atoms with Gasteiger partial charge >= 0.3 is 5.97 Å². The fourth-order valence-electron chi connectivity index (χ4n) is 3.32. The molecule has 7 heteroatoms. The Kier molecular flexibility index (Phi) is 5.03. The Labute approximate surface area is 146 Å². The minimum Gasteiger partial charge on any atom is -0.476 e. The SMILES string of the molecule is Cc1ccc(-n2nc(C(=O)O)c(N3CCCCC3CCO)n2)cc1C. The highest BCUT2D eigenvalue weighted by molar-refractivity contribution is 5.91. The van der Waals surface area contributed by atoms with E-state index in [0.717, 1.165) is 42.6 Å². The molecule has 0 aliphatic carbocycles. The van der Waals surface area contributed by atoms with E-state index in [2.05, 4.69) is 10.2 Å². The summed E-state index contributed by atoms with van der Waals surface area (Å²) in [4.78, 5) is 15.1. The van der Waals surface area contributed by atoms with Gasteiger partial charge in [0.05, 0.1) is 5.69 Å². The average molecular weight is 344 g/mol. The molecule has 25 heavy (non-hydrogen) atoms. The van der Waals surface area contributed by atoms with E-state index in [1.54, 1.807) is 0 Å². The van der Waals surface area contributed by atoms with Crippen molar-refractivity contribution in [1.29, 1.82) is 0 Å². The molecule has 0 radical (unpaired) electrons. The van der Waals surface area contributed by atoms with Gasteiger partial charge in [0, 0.05) is 19.2 Å². The van der Waals surface area contributed by atoms with Crippen LogP contribution in [0.3, 0.4) is 0 Å². The van der Waals surface area contributed by atoms with Crippen LogP contribution in [0.2, 0.25) is 0 Å². The summed E-state index contributed by atoms with van der Waals surface area (Å²) in [6.45, 7) is 4.84. The first-order valence-electron chi connectivity index (χ1n) is 8.67. The Morgan fingerprint density at radius 2 is 2.04 bits per heavy atom. The van der Waals surface area contributed by atoms with Crippen LogP contribution in [-0.2, 0) is 0 Å². The molecule has 1 aromatic heterocycles. The molecule has 2 N–H and O–H groups in total. The molecule has 0 saturated carbocycles. The van der Waals surface area contributed by atoms with Crippen molar-refractivity contribution in [3.63, 3.8) is 0 Å². The van der Waals surface area contributed by atoms with Crippen molar-refractivity contribution < 1.29 is 15.0 Å². The predicted octanol–water partition coefficient (Wildman–Crippen LogP) is 2.32. The second kappa shape index (κ2) is 7.23. The fraction of sp³-hybridized carbons (Fsp3) is 0.500. The molecular formula is C18H24N4O3. The first-order valence-corrected chi connectivity index (χ1v) is 8.67. The standard InChI is InChI=1S/C18H24N4O3/c1-12-6-7-15(11-13(12)2)22-19-16(18(24)25)17(20-22)21-9-4-3-5-14(21)8-10-23/h6-7,11,14,23H,3-5,8-10H2,1-2H3,(H,24,25). The maximum absolute atomic E-state index is 11.7. The topological polar surface area (TPSA) is 91.5 Å². The molecule has 1 atom stereocenters. The van der Waals surface area contributed by atoms with Gasteiger partial charge in [0.25, 0.3) is 0 Å². The average Bonchev–Trinajstić information content (AvgIpc) is 3.03. The van der Waals surface area contributed by atoms with E-state index in [1.165, 1.54) is 4.80 Å². The van der Waals surface area contributed by atoms with Crippen LogP contribution in [0.4, 0.5) is 5.82 Å². The number of aliphatic hydroxyl groups is 1. The van der Waals surface area contributed by atoms with Crippen LogP contribution in [0.15, 0.2) is 18.2 Å². The third-order valence-corrected chi connectivity index (χ3v) is 4.88. The number of benzene rings is 1. The van der Waals surface area contributed by atoms with Gasteiger partial charge in [-0.3, -0.25) is 0 Å². The Hall–Kier alpha value is -2.41. The number of hydrogen-bond acceptors (Lipinski definition) is 5. The van der Waals surface area contributed by atoms with Crippen LogP contribution < -0.4 is 4.90 Å². The van der Waals surface area contributed by atoms with E-state index in [1.807, 2.05) is 36.9 Å². The minimum absolute atomic E-state index is 0.0388. The van der Waals surface area contributed by atoms with Gasteiger partial charge in [-0.25, -0.2) is 4.79 Å². The van der Waals surface area contributed by atoms with E-state index in [4.69, 9.17) is 0 Å². The zero-order valence-corrected chi connectivity index (χ0v) is 14.6. The highest BCUT2D eigenvalue weighted by Gasteiger charge is 2.30. The van der Waals surface area contributed by atoms with Gasteiger partial charge in [0.1, 0.15) is 0 Å². The molecule has 1 aliphatic heterocycles. The molecule has 1 fully saturated rings. The highest BCUT2D eigenvalue weighted by Crippen LogP contribution is 2.28. The molecule has 3 rings (SSSR count). The first-order chi connectivity index (χ1) is 12.0. The van der Waals surface area contributed by atoms with E-state index in [0.29, 0.717) is 12.2 Å². The molecule has 2 heterocycles. The second-order valence-electron chi connectivity index (χ2n) is 6.59. The predicted molar refractivity (Wildman–Crippen MR) is 94.5 cm³/mol. The van der Waals surface area contributed by atoms with Crippen LogP contribution in [0.5, 0.6) is 0 Å². The van der Waals surface area contributed by atoms with Crippen molar-refractivity contribution in [3.05, 3.63) is 35.0 Å². The largest absolute Gasteiger partial charge is 0.476 e. The van der Waals surface area contributed by atoms with Crippen LogP contribution in [0.25, 0.3) is 5.69 Å². The molecular weight excluding hydrogens is 320 g/mol. The number of anilines is 1. The number of aromatic carboxylic acids is 1. The summed E-state index contributed by atoms with van der Waals surface area (Å²) in [5.74, 6) is -0.692. The molecule has 0 spiro atoms. The summed E-state index contributed by atoms with van der Waals surface area (Å²) < 4.78 is 0. The van der Waals surface area contributed by atoms with Crippen LogP contribution in [0, 0.1) is 13.8 Å². The molecule has 1 unspecified atom stereocenters. The van der Waals surface area contributed by atoms with E-state index in [-0.39, 0.29) is 18.3 Å². The van der Waals surface area contributed by atoms with Crippen LogP contribution in [-0.4, -0.2) is 50.4 Å². The maximum atomic E-state index is 11.7. The number of carboxylic acids is 1. The van der Waals surface area contributed by atoms with Gasteiger partial charge in [0.15, 0.2) is 5.82 Å². The summed E-state index contributed by atoms with van der Waals surface area (Å²) >= 11 is 0. The zero-order valence-electron chi connectivity index (χ0n) is 14.6. The van der Waals surface area contributed by atoms with E-state index in [9.17, 15) is 15.0 Å². The quantitative estimate of drug-likeness (QED) is 0.865. The van der Waals surface area contributed by atoms with Crippen molar-refractivity contribution in [3.8, 4) is 5.69 Å². The normalized spacial score (nSPS) is 17.7. The molecule has 0 amide bonds. The third kappa shape index (κ3) is 3.51. The number of carboxylic acid groups (broad SMARTS) is 1. The van der Waals surface area contributed by atoms with Gasteiger partial charge in [0.2, 0.25) is 5.69 Å². The first kappa shape index (κ1) is 17.4. The zero-order chi connectivity index (χ0) is 18.0. The fourth-order valence-corrected chi connectivity index (χ4v) is 3.32. The number of aryl methyl sites for hydroxylation is 2. The van der Waals surface area contributed by atoms with Crippen LogP contribution in [0.1, 0.15) is 47.3 Å². The molecule has 1 aromatic carbocycles.